The third-order valence-corrected chi connectivity index (χ3v) is 2.17. The van der Waals surface area contributed by atoms with Crippen LogP contribution in [0.15, 0.2) is 18.3 Å². The Morgan fingerprint density at radius 1 is 1.58 bits per heavy atom. The lowest BCUT2D eigenvalue weighted by Crippen LogP contribution is -2.26. The number of hydrogen-bond donors (Lipinski definition) is 1. The van der Waals surface area contributed by atoms with E-state index in [2.05, 4.69) is 24.0 Å². The van der Waals surface area contributed by atoms with E-state index in [0.29, 0.717) is 5.92 Å². The van der Waals surface area contributed by atoms with Crippen LogP contribution in [0.3, 0.4) is 0 Å². The Morgan fingerprint density at radius 3 is 2.83 bits per heavy atom. The summed E-state index contributed by atoms with van der Waals surface area (Å²) in [6.07, 6.45) is 2.64. The van der Waals surface area contributed by atoms with Gasteiger partial charge in [0.05, 0.1) is 5.69 Å². The number of nitrogens with two attached hydrogens (primary N) is 1. The van der Waals surface area contributed by atoms with E-state index in [1.54, 1.807) is 6.20 Å². The van der Waals surface area contributed by atoms with Crippen LogP contribution >= 0.6 is 0 Å². The summed E-state index contributed by atoms with van der Waals surface area (Å²) in [5.74, 6) is 0.295. The third-order valence-electron chi connectivity index (χ3n) is 2.17. The van der Waals surface area contributed by atoms with Crippen molar-refractivity contribution in [2.75, 3.05) is 0 Å². The van der Waals surface area contributed by atoms with Gasteiger partial charge in [-0.25, -0.2) is 0 Å². The van der Waals surface area contributed by atoms with Crippen LogP contribution in [-0.2, 0) is 0 Å². The highest BCUT2D eigenvalue weighted by Crippen LogP contribution is 2.15. The topological polar surface area (TPSA) is 51.8 Å². The quantitative estimate of drug-likeness (QED) is 0.734. The summed E-state index contributed by atoms with van der Waals surface area (Å²) in [6, 6.07) is 4.04. The van der Waals surface area contributed by atoms with E-state index in [9.17, 15) is 0 Å². The molecule has 2 atom stereocenters. The summed E-state index contributed by atoms with van der Waals surface area (Å²) in [5.41, 5.74) is 6.86. The minimum absolute atomic E-state index is 0.182. The fourth-order valence-electron chi connectivity index (χ4n) is 1.13. The smallest absolute Gasteiger partial charge is 0.0674 e. The lowest BCUT2D eigenvalue weighted by Gasteiger charge is -2.16. The van der Waals surface area contributed by atoms with Gasteiger partial charge in [0.25, 0.3) is 0 Å². The molecule has 0 aromatic carbocycles. The van der Waals surface area contributed by atoms with Crippen LogP contribution in [0.1, 0.15) is 31.9 Å². The molecule has 3 nitrogen and oxygen atoms in total. The molecule has 0 amide bonds. The molecule has 0 saturated carbocycles. The van der Waals surface area contributed by atoms with Gasteiger partial charge in [-0.2, -0.15) is 10.2 Å². The van der Waals surface area contributed by atoms with E-state index in [-0.39, 0.29) is 6.04 Å². The highest BCUT2D eigenvalue weighted by atomic mass is 15.1. The fourth-order valence-corrected chi connectivity index (χ4v) is 1.13. The van der Waals surface area contributed by atoms with E-state index >= 15 is 0 Å². The fraction of sp³-hybridized carbons (Fsp3) is 0.556. The van der Waals surface area contributed by atoms with Crippen molar-refractivity contribution in [3.63, 3.8) is 0 Å². The summed E-state index contributed by atoms with van der Waals surface area (Å²) >= 11 is 0. The highest BCUT2D eigenvalue weighted by molar-refractivity contribution is 5.07. The Hall–Kier alpha value is -0.960. The molecule has 0 aliphatic heterocycles. The molecule has 1 heterocycles. The molecule has 1 rings (SSSR count). The SMILES string of the molecule is CCC(N)C(C)c1cccnn1. The molecular formula is C9H15N3. The van der Waals surface area contributed by atoms with Gasteiger partial charge in [0.15, 0.2) is 0 Å². The Kier molecular flexibility index (Phi) is 3.17. The molecule has 0 saturated heterocycles. The summed E-state index contributed by atoms with van der Waals surface area (Å²) in [5, 5.41) is 7.83. The lowest BCUT2D eigenvalue weighted by atomic mass is 9.97. The maximum absolute atomic E-state index is 5.88. The Balaban J connectivity index is 2.71. The molecule has 3 heteroatoms. The first-order valence-electron chi connectivity index (χ1n) is 4.29. The summed E-state index contributed by atoms with van der Waals surface area (Å²) in [4.78, 5) is 0. The second-order valence-electron chi connectivity index (χ2n) is 3.01. The predicted molar refractivity (Wildman–Crippen MR) is 48.7 cm³/mol. The minimum atomic E-state index is 0.182. The second-order valence-corrected chi connectivity index (χ2v) is 3.01. The van der Waals surface area contributed by atoms with Crippen LogP contribution in [-0.4, -0.2) is 16.2 Å². The van der Waals surface area contributed by atoms with Crippen LogP contribution in [0.25, 0.3) is 0 Å². The van der Waals surface area contributed by atoms with Gasteiger partial charge < -0.3 is 5.73 Å². The van der Waals surface area contributed by atoms with E-state index in [0.717, 1.165) is 12.1 Å². The molecule has 0 radical (unpaired) electrons. The zero-order valence-corrected chi connectivity index (χ0v) is 7.57. The Labute approximate surface area is 73.0 Å². The average molecular weight is 165 g/mol. The second kappa shape index (κ2) is 4.16. The highest BCUT2D eigenvalue weighted by Gasteiger charge is 2.13. The molecule has 1 aromatic rings. The molecule has 0 aliphatic rings. The van der Waals surface area contributed by atoms with E-state index in [1.807, 2.05) is 12.1 Å². The maximum atomic E-state index is 5.88. The maximum Gasteiger partial charge on any atom is 0.0674 e. The van der Waals surface area contributed by atoms with Gasteiger partial charge in [-0.15, -0.1) is 0 Å². The van der Waals surface area contributed by atoms with Crippen molar-refractivity contribution in [2.24, 2.45) is 5.73 Å². The average Bonchev–Trinajstić information content (AvgIpc) is 2.17. The van der Waals surface area contributed by atoms with Crippen molar-refractivity contribution in [2.45, 2.75) is 32.2 Å². The number of hydrogen-bond acceptors (Lipinski definition) is 3. The molecule has 0 spiro atoms. The van der Waals surface area contributed by atoms with E-state index in [1.165, 1.54) is 0 Å². The minimum Gasteiger partial charge on any atom is -0.327 e. The number of aromatic nitrogens is 2. The van der Waals surface area contributed by atoms with E-state index in [4.69, 9.17) is 5.73 Å². The molecule has 0 bridgehead atoms. The van der Waals surface area contributed by atoms with Crippen molar-refractivity contribution in [1.29, 1.82) is 0 Å². The van der Waals surface area contributed by atoms with Crippen molar-refractivity contribution in [3.05, 3.63) is 24.0 Å². The van der Waals surface area contributed by atoms with Crippen molar-refractivity contribution in [1.82, 2.24) is 10.2 Å². The van der Waals surface area contributed by atoms with Crippen LogP contribution in [0.2, 0.25) is 0 Å². The Morgan fingerprint density at radius 2 is 2.33 bits per heavy atom. The molecule has 12 heavy (non-hydrogen) atoms. The predicted octanol–water partition coefficient (Wildman–Crippen LogP) is 1.32. The van der Waals surface area contributed by atoms with Crippen LogP contribution in [0, 0.1) is 0 Å². The standard InChI is InChI=1S/C9H15N3/c1-3-8(10)7(2)9-5-4-6-11-12-9/h4-8H,3,10H2,1-2H3. The first kappa shape index (κ1) is 9.13. The van der Waals surface area contributed by atoms with Gasteiger partial charge in [0.2, 0.25) is 0 Å². The van der Waals surface area contributed by atoms with Gasteiger partial charge in [0.1, 0.15) is 0 Å². The largest absolute Gasteiger partial charge is 0.327 e. The van der Waals surface area contributed by atoms with Gasteiger partial charge >= 0.3 is 0 Å². The molecule has 0 fully saturated rings. The Bertz CT molecular complexity index is 222. The normalized spacial score (nSPS) is 15.6. The van der Waals surface area contributed by atoms with Gasteiger partial charge in [0, 0.05) is 18.2 Å². The van der Waals surface area contributed by atoms with E-state index < -0.39 is 0 Å². The monoisotopic (exact) mass is 165 g/mol. The third kappa shape index (κ3) is 2.01. The summed E-state index contributed by atoms with van der Waals surface area (Å²) in [6.45, 7) is 4.16. The zero-order chi connectivity index (χ0) is 8.97. The van der Waals surface area contributed by atoms with Gasteiger partial charge in [-0.1, -0.05) is 13.8 Å². The van der Waals surface area contributed by atoms with Gasteiger partial charge in [-0.05, 0) is 18.6 Å². The summed E-state index contributed by atoms with van der Waals surface area (Å²) in [7, 11) is 0. The van der Waals surface area contributed by atoms with Crippen LogP contribution in [0.4, 0.5) is 0 Å². The number of rotatable bonds is 3. The van der Waals surface area contributed by atoms with Crippen molar-refractivity contribution >= 4 is 0 Å². The zero-order valence-electron chi connectivity index (χ0n) is 7.57. The first-order chi connectivity index (χ1) is 5.75. The summed E-state index contributed by atoms with van der Waals surface area (Å²) < 4.78 is 0. The van der Waals surface area contributed by atoms with Crippen LogP contribution in [0.5, 0.6) is 0 Å². The lowest BCUT2D eigenvalue weighted by molar-refractivity contribution is 0.535. The first-order valence-corrected chi connectivity index (χ1v) is 4.29. The molecule has 2 unspecified atom stereocenters. The van der Waals surface area contributed by atoms with Crippen molar-refractivity contribution in [3.8, 4) is 0 Å². The van der Waals surface area contributed by atoms with Crippen molar-refractivity contribution < 1.29 is 0 Å². The molecule has 1 aromatic heterocycles. The number of nitrogens with zero attached hydrogens (tertiary/aromatic N) is 2. The molecule has 2 N–H and O–H groups in total. The molecular weight excluding hydrogens is 150 g/mol. The molecule has 66 valence electrons. The van der Waals surface area contributed by atoms with Gasteiger partial charge in [-0.3, -0.25) is 0 Å². The van der Waals surface area contributed by atoms with Crippen LogP contribution < -0.4 is 5.73 Å². The molecule has 0 aliphatic carbocycles.